The summed E-state index contributed by atoms with van der Waals surface area (Å²) >= 11 is 6.58. The Balaban J connectivity index is 1.66. The zero-order chi connectivity index (χ0) is 28.1. The number of carboxylic acids is 1. The SMILES string of the molecule is CCn1c(N2CCN(Cc3ccccc3)CC2)c(/C=C2/SC(=S)N(CCCC(=O)O)C2=O)c(C)c(C#N)c1=O. The third-order valence-corrected chi connectivity index (χ3v) is 8.38. The molecule has 11 heteroatoms. The van der Waals surface area contributed by atoms with Crippen LogP contribution in [0.2, 0.25) is 0 Å². The van der Waals surface area contributed by atoms with Crippen molar-refractivity contribution < 1.29 is 14.7 Å². The largest absolute Gasteiger partial charge is 0.481 e. The molecule has 2 saturated heterocycles. The number of benzene rings is 1. The molecular weight excluding hydrogens is 534 g/mol. The van der Waals surface area contributed by atoms with Crippen LogP contribution in [0.15, 0.2) is 40.0 Å². The summed E-state index contributed by atoms with van der Waals surface area (Å²) in [5.41, 5.74) is 2.17. The van der Waals surface area contributed by atoms with Crippen LogP contribution in [0.3, 0.4) is 0 Å². The van der Waals surface area contributed by atoms with Crippen molar-refractivity contribution in [2.24, 2.45) is 0 Å². The molecule has 0 aliphatic carbocycles. The molecule has 2 aliphatic rings. The molecular formula is C28H31N5O4S2. The van der Waals surface area contributed by atoms with Crippen molar-refractivity contribution in [2.75, 3.05) is 37.6 Å². The van der Waals surface area contributed by atoms with Gasteiger partial charge in [-0.2, -0.15) is 5.26 Å². The lowest BCUT2D eigenvalue weighted by Gasteiger charge is -2.38. The highest BCUT2D eigenvalue weighted by atomic mass is 32.2. The van der Waals surface area contributed by atoms with E-state index in [0.717, 1.165) is 31.4 Å². The van der Waals surface area contributed by atoms with Crippen molar-refractivity contribution in [3.63, 3.8) is 0 Å². The number of amides is 1. The predicted molar refractivity (Wildman–Crippen MR) is 157 cm³/mol. The topological polar surface area (TPSA) is 110 Å². The van der Waals surface area contributed by atoms with E-state index in [9.17, 15) is 19.6 Å². The van der Waals surface area contributed by atoms with Gasteiger partial charge in [0.15, 0.2) is 0 Å². The zero-order valence-electron chi connectivity index (χ0n) is 22.1. The molecule has 0 unspecified atom stereocenters. The van der Waals surface area contributed by atoms with Crippen LogP contribution in [-0.2, 0) is 22.7 Å². The lowest BCUT2D eigenvalue weighted by atomic mass is 10.0. The summed E-state index contributed by atoms with van der Waals surface area (Å²) in [4.78, 5) is 43.8. The highest BCUT2D eigenvalue weighted by molar-refractivity contribution is 8.26. The van der Waals surface area contributed by atoms with Gasteiger partial charge in [0.05, 0.1) is 4.91 Å². The molecule has 204 valence electrons. The van der Waals surface area contributed by atoms with E-state index < -0.39 is 5.97 Å². The summed E-state index contributed by atoms with van der Waals surface area (Å²) in [6.45, 7) is 8.05. The van der Waals surface area contributed by atoms with Gasteiger partial charge in [0, 0.05) is 57.8 Å². The Morgan fingerprint density at radius 3 is 2.49 bits per heavy atom. The monoisotopic (exact) mass is 565 g/mol. The van der Waals surface area contributed by atoms with Gasteiger partial charge in [-0.1, -0.05) is 54.3 Å². The zero-order valence-corrected chi connectivity index (χ0v) is 23.7. The van der Waals surface area contributed by atoms with Gasteiger partial charge >= 0.3 is 5.97 Å². The molecule has 2 aliphatic heterocycles. The number of piperazine rings is 1. The maximum absolute atomic E-state index is 13.3. The average molecular weight is 566 g/mol. The Hall–Kier alpha value is -3.46. The van der Waals surface area contributed by atoms with Crippen molar-refractivity contribution in [2.45, 2.75) is 39.8 Å². The van der Waals surface area contributed by atoms with Crippen molar-refractivity contribution in [3.05, 3.63) is 67.8 Å². The van der Waals surface area contributed by atoms with Gasteiger partial charge in [-0.25, -0.2) is 0 Å². The number of aromatic nitrogens is 1. The van der Waals surface area contributed by atoms with E-state index in [1.165, 1.54) is 10.5 Å². The van der Waals surface area contributed by atoms with Gasteiger partial charge in [-0.15, -0.1) is 0 Å². The van der Waals surface area contributed by atoms with E-state index in [4.69, 9.17) is 17.3 Å². The molecule has 2 aromatic rings. The molecule has 4 rings (SSSR count). The standard InChI is InChI=1S/C28H31N5O4S2/c1-3-32-25(31-14-12-30(13-15-31)18-20-8-5-4-6-9-20)21(19(2)22(17-29)26(32)36)16-23-27(37)33(28(38)39-23)11-7-10-24(34)35/h4-6,8-9,16H,3,7,10-15,18H2,1-2H3,(H,34,35)/b23-16+. The van der Waals surface area contributed by atoms with Crippen molar-refractivity contribution in [1.82, 2.24) is 14.4 Å². The van der Waals surface area contributed by atoms with Crippen LogP contribution in [0.1, 0.15) is 42.0 Å². The number of carbonyl (C=O) groups is 2. The number of thiocarbonyl (C=S) groups is 1. The van der Waals surface area contributed by atoms with Gasteiger partial charge < -0.3 is 10.0 Å². The van der Waals surface area contributed by atoms with Gasteiger partial charge in [0.1, 0.15) is 21.8 Å². The van der Waals surface area contributed by atoms with Crippen LogP contribution in [-0.4, -0.2) is 68.4 Å². The van der Waals surface area contributed by atoms with Gasteiger partial charge in [0.25, 0.3) is 11.5 Å². The number of nitrogens with zero attached hydrogens (tertiary/aromatic N) is 5. The molecule has 0 bridgehead atoms. The third-order valence-electron chi connectivity index (χ3n) is 7.00. The second-order valence-electron chi connectivity index (χ2n) is 9.48. The number of pyridine rings is 1. The molecule has 1 aromatic carbocycles. The number of carboxylic acid groups (broad SMARTS) is 1. The van der Waals surface area contributed by atoms with Crippen LogP contribution in [0.4, 0.5) is 5.82 Å². The fourth-order valence-electron chi connectivity index (χ4n) is 4.95. The molecule has 1 amide bonds. The first-order chi connectivity index (χ1) is 18.7. The minimum Gasteiger partial charge on any atom is -0.481 e. The molecule has 0 radical (unpaired) electrons. The molecule has 9 nitrogen and oxygen atoms in total. The fourth-order valence-corrected chi connectivity index (χ4v) is 6.24. The summed E-state index contributed by atoms with van der Waals surface area (Å²) in [7, 11) is 0. The average Bonchev–Trinajstić information content (AvgIpc) is 3.18. The smallest absolute Gasteiger partial charge is 0.303 e. The number of thioether (sulfide) groups is 1. The van der Waals surface area contributed by atoms with E-state index in [0.29, 0.717) is 52.2 Å². The van der Waals surface area contributed by atoms with Crippen molar-refractivity contribution >= 4 is 52.1 Å². The summed E-state index contributed by atoms with van der Waals surface area (Å²) in [6.07, 6.45) is 1.98. The Morgan fingerprint density at radius 2 is 1.87 bits per heavy atom. The van der Waals surface area contributed by atoms with Crippen LogP contribution in [0.25, 0.3) is 6.08 Å². The second kappa shape index (κ2) is 12.6. The summed E-state index contributed by atoms with van der Waals surface area (Å²) in [6, 6.07) is 12.4. The number of aliphatic carboxylic acids is 1. The van der Waals surface area contributed by atoms with Crippen molar-refractivity contribution in [3.8, 4) is 6.07 Å². The predicted octanol–water partition coefficient (Wildman–Crippen LogP) is 3.44. The number of anilines is 1. The second-order valence-corrected chi connectivity index (χ2v) is 11.2. The maximum atomic E-state index is 13.3. The molecule has 39 heavy (non-hydrogen) atoms. The van der Waals surface area contributed by atoms with E-state index in [-0.39, 0.29) is 30.0 Å². The lowest BCUT2D eigenvalue weighted by molar-refractivity contribution is -0.137. The summed E-state index contributed by atoms with van der Waals surface area (Å²) in [5.74, 6) is -0.512. The summed E-state index contributed by atoms with van der Waals surface area (Å²) in [5, 5.41) is 18.8. The van der Waals surface area contributed by atoms with Crippen molar-refractivity contribution in [1.29, 1.82) is 5.26 Å². The van der Waals surface area contributed by atoms with E-state index in [2.05, 4.69) is 28.0 Å². The normalized spacial score (nSPS) is 17.2. The Bertz CT molecular complexity index is 1410. The first-order valence-electron chi connectivity index (χ1n) is 12.9. The van der Waals surface area contributed by atoms with E-state index in [1.807, 2.05) is 25.1 Å². The van der Waals surface area contributed by atoms with E-state index in [1.54, 1.807) is 17.6 Å². The maximum Gasteiger partial charge on any atom is 0.303 e. The van der Waals surface area contributed by atoms with Gasteiger partial charge in [-0.05, 0) is 37.5 Å². The first-order valence-corrected chi connectivity index (χ1v) is 14.1. The molecule has 0 atom stereocenters. The minimum absolute atomic E-state index is 0.0530. The quantitative estimate of drug-likeness (QED) is 0.361. The molecule has 0 saturated carbocycles. The van der Waals surface area contributed by atoms with Gasteiger partial charge in [0.2, 0.25) is 0 Å². The Labute approximate surface area is 237 Å². The van der Waals surface area contributed by atoms with Crippen LogP contribution < -0.4 is 10.5 Å². The molecule has 2 fully saturated rings. The molecule has 3 heterocycles. The Kier molecular flexibility index (Phi) is 9.22. The molecule has 1 N–H and O–H groups in total. The number of hydrogen-bond donors (Lipinski definition) is 1. The molecule has 1 aromatic heterocycles. The van der Waals surface area contributed by atoms with E-state index >= 15 is 0 Å². The number of hydrogen-bond acceptors (Lipinski definition) is 8. The Morgan fingerprint density at radius 1 is 1.18 bits per heavy atom. The minimum atomic E-state index is -0.925. The van der Waals surface area contributed by atoms with Gasteiger partial charge in [-0.3, -0.25) is 28.8 Å². The summed E-state index contributed by atoms with van der Waals surface area (Å²) < 4.78 is 1.99. The number of nitriles is 1. The highest BCUT2D eigenvalue weighted by Gasteiger charge is 2.33. The highest BCUT2D eigenvalue weighted by Crippen LogP contribution is 2.36. The molecule has 0 spiro atoms. The number of rotatable bonds is 9. The lowest BCUT2D eigenvalue weighted by Crippen LogP contribution is -2.48. The third kappa shape index (κ3) is 6.24. The number of carbonyl (C=O) groups excluding carboxylic acids is 1. The fraction of sp³-hybridized carbons (Fsp3) is 0.393. The van der Waals surface area contributed by atoms with Crippen LogP contribution in [0, 0.1) is 18.3 Å². The van der Waals surface area contributed by atoms with Crippen LogP contribution in [0.5, 0.6) is 0 Å². The van der Waals surface area contributed by atoms with Crippen LogP contribution >= 0.6 is 24.0 Å². The first kappa shape index (κ1) is 28.5.